The Morgan fingerprint density at radius 1 is 1.33 bits per heavy atom. The Morgan fingerprint density at radius 3 is 2.72 bits per heavy atom. The second-order valence-corrected chi connectivity index (χ2v) is 5.65. The van der Waals surface area contributed by atoms with Crippen LogP contribution in [0.15, 0.2) is 18.2 Å². The Balaban J connectivity index is 2.18. The van der Waals surface area contributed by atoms with Crippen molar-refractivity contribution in [3.63, 3.8) is 0 Å². The van der Waals surface area contributed by atoms with Gasteiger partial charge < -0.3 is 5.73 Å². The molecule has 0 heterocycles. The second-order valence-electron chi connectivity index (χ2n) is 5.65. The molecule has 0 amide bonds. The summed E-state index contributed by atoms with van der Waals surface area (Å²) in [6, 6.07) is 5.39. The van der Waals surface area contributed by atoms with Crippen LogP contribution in [0.4, 0.5) is 4.39 Å². The summed E-state index contributed by atoms with van der Waals surface area (Å²) in [4.78, 5) is 0. The molecular weight excluding hydrogens is 225 g/mol. The topological polar surface area (TPSA) is 26.0 Å². The fraction of sp³-hybridized carbons (Fsp3) is 0.625. The van der Waals surface area contributed by atoms with Gasteiger partial charge >= 0.3 is 0 Å². The van der Waals surface area contributed by atoms with Crippen molar-refractivity contribution >= 4 is 0 Å². The molecule has 2 rings (SSSR count). The van der Waals surface area contributed by atoms with E-state index in [1.54, 1.807) is 6.07 Å². The molecule has 2 N–H and O–H groups in total. The van der Waals surface area contributed by atoms with Crippen molar-refractivity contribution in [3.8, 4) is 0 Å². The molecule has 0 aliphatic heterocycles. The second kappa shape index (κ2) is 5.83. The lowest BCUT2D eigenvalue weighted by Crippen LogP contribution is -2.30. The van der Waals surface area contributed by atoms with E-state index in [-0.39, 0.29) is 11.9 Å². The van der Waals surface area contributed by atoms with E-state index in [1.165, 1.54) is 32.1 Å². The van der Waals surface area contributed by atoms with Gasteiger partial charge in [0.1, 0.15) is 5.82 Å². The van der Waals surface area contributed by atoms with E-state index in [1.807, 2.05) is 19.1 Å². The van der Waals surface area contributed by atoms with E-state index < -0.39 is 0 Å². The summed E-state index contributed by atoms with van der Waals surface area (Å²) in [5, 5.41) is 0. The van der Waals surface area contributed by atoms with E-state index in [9.17, 15) is 4.39 Å². The lowest BCUT2D eigenvalue weighted by Gasteiger charge is -2.35. The fourth-order valence-electron chi connectivity index (χ4n) is 3.34. The van der Waals surface area contributed by atoms with Crippen molar-refractivity contribution in [2.24, 2.45) is 17.6 Å². The number of halogens is 1. The van der Waals surface area contributed by atoms with Gasteiger partial charge in [-0.05, 0) is 42.4 Å². The number of nitrogens with two attached hydrogens (primary N) is 1. The van der Waals surface area contributed by atoms with Gasteiger partial charge in [0.15, 0.2) is 0 Å². The van der Waals surface area contributed by atoms with Crippen molar-refractivity contribution in [1.82, 2.24) is 0 Å². The average Bonchev–Trinajstić information content (AvgIpc) is 2.41. The van der Waals surface area contributed by atoms with Crippen LogP contribution in [-0.2, 0) is 0 Å². The number of hydrogen-bond donors (Lipinski definition) is 1. The third-order valence-electron chi connectivity index (χ3n) is 4.52. The van der Waals surface area contributed by atoms with E-state index in [4.69, 9.17) is 5.73 Å². The maximum atomic E-state index is 13.3. The van der Waals surface area contributed by atoms with Crippen LogP contribution >= 0.6 is 0 Å². The molecule has 0 aromatic heterocycles. The molecule has 1 nitrogen and oxygen atoms in total. The van der Waals surface area contributed by atoms with Crippen LogP contribution in [0, 0.1) is 24.6 Å². The van der Waals surface area contributed by atoms with Crippen LogP contribution in [0.25, 0.3) is 0 Å². The number of aryl methyl sites for hydroxylation is 1. The lowest BCUT2D eigenvalue weighted by molar-refractivity contribution is 0.196. The molecule has 3 unspecified atom stereocenters. The normalized spacial score (nSPS) is 26.0. The van der Waals surface area contributed by atoms with Crippen LogP contribution in [-0.4, -0.2) is 0 Å². The van der Waals surface area contributed by atoms with Gasteiger partial charge in [-0.15, -0.1) is 0 Å². The van der Waals surface area contributed by atoms with E-state index in [0.29, 0.717) is 11.5 Å². The minimum Gasteiger partial charge on any atom is -0.324 e. The largest absolute Gasteiger partial charge is 0.324 e. The molecule has 0 saturated heterocycles. The molecule has 18 heavy (non-hydrogen) atoms. The van der Waals surface area contributed by atoms with Crippen LogP contribution in [0.1, 0.15) is 56.2 Å². The third kappa shape index (κ3) is 2.74. The Bertz CT molecular complexity index is 402. The van der Waals surface area contributed by atoms with Gasteiger partial charge in [-0.2, -0.15) is 0 Å². The van der Waals surface area contributed by atoms with E-state index in [2.05, 4.69) is 6.92 Å². The van der Waals surface area contributed by atoms with Gasteiger partial charge in [0.2, 0.25) is 0 Å². The summed E-state index contributed by atoms with van der Waals surface area (Å²) in [5.41, 5.74) is 8.23. The highest BCUT2D eigenvalue weighted by Gasteiger charge is 2.29. The molecule has 1 aromatic carbocycles. The molecule has 0 radical (unpaired) electrons. The summed E-state index contributed by atoms with van der Waals surface area (Å²) in [7, 11) is 0. The summed E-state index contributed by atoms with van der Waals surface area (Å²) in [6.07, 6.45) is 6.35. The predicted octanol–water partition coefficient (Wildman–Crippen LogP) is 4.35. The minimum atomic E-state index is -0.137. The quantitative estimate of drug-likeness (QED) is 0.846. The Morgan fingerprint density at radius 2 is 2.06 bits per heavy atom. The zero-order valence-corrected chi connectivity index (χ0v) is 11.5. The average molecular weight is 249 g/mol. The third-order valence-corrected chi connectivity index (χ3v) is 4.52. The Hall–Kier alpha value is -0.890. The summed E-state index contributed by atoms with van der Waals surface area (Å²) < 4.78 is 13.3. The first kappa shape index (κ1) is 13.5. The van der Waals surface area contributed by atoms with Gasteiger partial charge in [-0.3, -0.25) is 0 Å². The first-order valence-electron chi connectivity index (χ1n) is 7.15. The fourth-order valence-corrected chi connectivity index (χ4v) is 3.34. The molecule has 1 fully saturated rings. The highest BCUT2D eigenvalue weighted by atomic mass is 19.1. The highest BCUT2D eigenvalue weighted by Crippen LogP contribution is 2.39. The molecular formula is C16H24FN. The first-order valence-corrected chi connectivity index (χ1v) is 7.15. The molecule has 1 aromatic rings. The van der Waals surface area contributed by atoms with Gasteiger partial charge in [0, 0.05) is 6.04 Å². The van der Waals surface area contributed by atoms with Gasteiger partial charge in [0.25, 0.3) is 0 Å². The maximum absolute atomic E-state index is 13.3. The van der Waals surface area contributed by atoms with E-state index in [0.717, 1.165) is 11.5 Å². The monoisotopic (exact) mass is 249 g/mol. The maximum Gasteiger partial charge on any atom is 0.126 e. The van der Waals surface area contributed by atoms with Crippen LogP contribution in [0.3, 0.4) is 0 Å². The lowest BCUT2D eigenvalue weighted by atomic mass is 9.72. The smallest absolute Gasteiger partial charge is 0.126 e. The van der Waals surface area contributed by atoms with E-state index >= 15 is 0 Å². The molecule has 1 saturated carbocycles. The predicted molar refractivity (Wildman–Crippen MR) is 73.8 cm³/mol. The SMILES string of the molecule is CCC1CCCCC1C(N)c1ccc(F)c(C)c1. The van der Waals surface area contributed by atoms with Crippen molar-refractivity contribution in [2.45, 2.75) is 52.0 Å². The van der Waals surface area contributed by atoms with Gasteiger partial charge in [-0.25, -0.2) is 4.39 Å². The van der Waals surface area contributed by atoms with Crippen molar-refractivity contribution < 1.29 is 4.39 Å². The summed E-state index contributed by atoms with van der Waals surface area (Å²) in [5.74, 6) is 1.16. The van der Waals surface area contributed by atoms with Crippen LogP contribution in [0.2, 0.25) is 0 Å². The number of benzene rings is 1. The van der Waals surface area contributed by atoms with Gasteiger partial charge in [-0.1, -0.05) is 44.7 Å². The van der Waals surface area contributed by atoms with Crippen molar-refractivity contribution in [1.29, 1.82) is 0 Å². The highest BCUT2D eigenvalue weighted by molar-refractivity contribution is 5.27. The molecule has 0 spiro atoms. The van der Waals surface area contributed by atoms with Gasteiger partial charge in [0.05, 0.1) is 0 Å². The molecule has 2 heteroatoms. The van der Waals surface area contributed by atoms with Crippen molar-refractivity contribution in [3.05, 3.63) is 35.1 Å². The molecule has 100 valence electrons. The molecule has 1 aliphatic rings. The summed E-state index contributed by atoms with van der Waals surface area (Å²) >= 11 is 0. The zero-order valence-electron chi connectivity index (χ0n) is 11.5. The Kier molecular flexibility index (Phi) is 4.39. The molecule has 0 bridgehead atoms. The standard InChI is InChI=1S/C16H24FN/c1-3-12-6-4-5-7-14(12)16(18)13-8-9-15(17)11(2)10-13/h8-10,12,14,16H,3-7,18H2,1-2H3. The number of rotatable bonds is 3. The van der Waals surface area contributed by atoms with Crippen LogP contribution < -0.4 is 5.73 Å². The zero-order chi connectivity index (χ0) is 13.1. The summed E-state index contributed by atoms with van der Waals surface area (Å²) in [6.45, 7) is 4.06. The molecule has 3 atom stereocenters. The Labute approximate surface area is 110 Å². The first-order chi connectivity index (χ1) is 8.63. The van der Waals surface area contributed by atoms with Crippen molar-refractivity contribution in [2.75, 3.05) is 0 Å². The minimum absolute atomic E-state index is 0.0644. The number of hydrogen-bond acceptors (Lipinski definition) is 1. The molecule has 1 aliphatic carbocycles. The van der Waals surface area contributed by atoms with Crippen LogP contribution in [0.5, 0.6) is 0 Å².